The second-order valence-electron chi connectivity index (χ2n) is 6.60. The maximum absolute atomic E-state index is 13.6. The third-order valence-corrected chi connectivity index (χ3v) is 4.46. The Kier molecular flexibility index (Phi) is 6.82. The van der Waals surface area contributed by atoms with Crippen molar-refractivity contribution in [2.75, 3.05) is 11.9 Å². The van der Waals surface area contributed by atoms with E-state index in [-0.39, 0.29) is 18.0 Å². The summed E-state index contributed by atoms with van der Waals surface area (Å²) >= 11 is 0. The third-order valence-electron chi connectivity index (χ3n) is 4.46. The lowest BCUT2D eigenvalue weighted by Gasteiger charge is -2.14. The van der Waals surface area contributed by atoms with E-state index < -0.39 is 30.0 Å². The Morgan fingerprint density at radius 2 is 1.60 bits per heavy atom. The summed E-state index contributed by atoms with van der Waals surface area (Å²) in [6.07, 6.45) is 2.73. The normalized spacial score (nSPS) is 11.6. The minimum absolute atomic E-state index is 0.0808. The number of anilines is 1. The van der Waals surface area contributed by atoms with Crippen molar-refractivity contribution in [3.63, 3.8) is 0 Å². The van der Waals surface area contributed by atoms with Crippen molar-refractivity contribution in [3.8, 4) is 0 Å². The molecule has 30 heavy (non-hydrogen) atoms. The molecule has 0 aliphatic heterocycles. The number of rotatable bonds is 7. The smallest absolute Gasteiger partial charge is 0.255 e. The molecule has 8 heteroatoms. The molecular weight excluding hydrogens is 390 g/mol. The molecular formula is C22H20F2N4O2. The van der Waals surface area contributed by atoms with Crippen molar-refractivity contribution in [1.29, 1.82) is 0 Å². The Balaban J connectivity index is 1.53. The molecule has 1 unspecified atom stereocenters. The van der Waals surface area contributed by atoms with Gasteiger partial charge in [0.05, 0.1) is 6.42 Å². The molecule has 2 aromatic carbocycles. The van der Waals surface area contributed by atoms with Crippen LogP contribution in [-0.2, 0) is 11.2 Å². The second-order valence-corrected chi connectivity index (χ2v) is 6.60. The van der Waals surface area contributed by atoms with Gasteiger partial charge in [-0.05, 0) is 42.0 Å². The Morgan fingerprint density at radius 3 is 2.23 bits per heavy atom. The lowest BCUT2D eigenvalue weighted by Crippen LogP contribution is -2.33. The monoisotopic (exact) mass is 410 g/mol. The first-order chi connectivity index (χ1) is 14.4. The number of hydrogen-bond acceptors (Lipinski definition) is 4. The van der Waals surface area contributed by atoms with Gasteiger partial charge in [0.15, 0.2) is 0 Å². The predicted octanol–water partition coefficient (Wildman–Crippen LogP) is 2.97. The van der Waals surface area contributed by atoms with E-state index in [1.807, 2.05) is 0 Å². The van der Waals surface area contributed by atoms with E-state index in [2.05, 4.69) is 15.6 Å². The Hall–Kier alpha value is -3.65. The number of carbonyl (C=O) groups is 2. The average Bonchev–Trinajstić information content (AvgIpc) is 2.75. The van der Waals surface area contributed by atoms with Gasteiger partial charge in [0, 0.05) is 41.8 Å². The van der Waals surface area contributed by atoms with E-state index in [1.54, 1.807) is 48.8 Å². The van der Waals surface area contributed by atoms with Crippen molar-refractivity contribution in [1.82, 2.24) is 10.3 Å². The molecule has 1 atom stereocenters. The molecule has 0 fully saturated rings. The summed E-state index contributed by atoms with van der Waals surface area (Å²) in [7, 11) is 0. The Bertz CT molecular complexity index is 1010. The van der Waals surface area contributed by atoms with Gasteiger partial charge in [-0.25, -0.2) is 8.78 Å². The van der Waals surface area contributed by atoms with Crippen molar-refractivity contribution >= 4 is 17.5 Å². The van der Waals surface area contributed by atoms with E-state index >= 15 is 0 Å². The molecule has 6 nitrogen and oxygen atoms in total. The summed E-state index contributed by atoms with van der Waals surface area (Å²) in [6.45, 7) is 0.0808. The van der Waals surface area contributed by atoms with Crippen LogP contribution >= 0.6 is 0 Å². The van der Waals surface area contributed by atoms with Crippen molar-refractivity contribution < 1.29 is 18.4 Å². The summed E-state index contributed by atoms with van der Waals surface area (Å²) in [5.41, 5.74) is 7.57. The van der Waals surface area contributed by atoms with Gasteiger partial charge in [-0.15, -0.1) is 0 Å². The van der Waals surface area contributed by atoms with Crippen molar-refractivity contribution in [2.45, 2.75) is 12.5 Å². The fraction of sp³-hybridized carbons (Fsp3) is 0.136. The van der Waals surface area contributed by atoms with Crippen LogP contribution in [0.25, 0.3) is 0 Å². The van der Waals surface area contributed by atoms with Gasteiger partial charge in [0.25, 0.3) is 5.91 Å². The molecule has 2 amide bonds. The minimum atomic E-state index is -0.768. The average molecular weight is 410 g/mol. The summed E-state index contributed by atoms with van der Waals surface area (Å²) in [5, 5.41) is 5.32. The second kappa shape index (κ2) is 9.71. The van der Waals surface area contributed by atoms with Crippen LogP contribution in [0.5, 0.6) is 0 Å². The Morgan fingerprint density at radius 1 is 0.967 bits per heavy atom. The first kappa shape index (κ1) is 21.1. The predicted molar refractivity (Wildman–Crippen MR) is 109 cm³/mol. The molecule has 0 bridgehead atoms. The molecule has 154 valence electrons. The van der Waals surface area contributed by atoms with Crippen LogP contribution in [0.2, 0.25) is 0 Å². The van der Waals surface area contributed by atoms with Crippen molar-refractivity contribution in [2.24, 2.45) is 5.73 Å². The molecule has 0 spiro atoms. The summed E-state index contributed by atoms with van der Waals surface area (Å²) in [4.78, 5) is 28.2. The van der Waals surface area contributed by atoms with Crippen LogP contribution in [0.3, 0.4) is 0 Å². The first-order valence-corrected chi connectivity index (χ1v) is 9.20. The number of pyridine rings is 1. The molecule has 0 aliphatic rings. The van der Waals surface area contributed by atoms with E-state index in [0.29, 0.717) is 16.8 Å². The van der Waals surface area contributed by atoms with Crippen LogP contribution in [-0.4, -0.2) is 23.3 Å². The van der Waals surface area contributed by atoms with Gasteiger partial charge in [0.1, 0.15) is 11.6 Å². The molecule has 0 saturated heterocycles. The lowest BCUT2D eigenvalue weighted by molar-refractivity contribution is -0.120. The SMILES string of the molecule is NC(CNC(=O)Cc1c(F)cccc1F)c1ccc(C(=O)Nc2ccncc2)cc1. The Labute approximate surface area is 172 Å². The molecule has 3 aromatic rings. The standard InChI is InChI=1S/C22H20F2N4O2/c23-18-2-1-3-19(24)17(18)12-21(29)27-13-20(25)14-4-6-15(7-5-14)22(30)28-16-8-10-26-11-9-16/h1-11,20H,12-13,25H2,(H,27,29)(H,26,28,30). The van der Waals surface area contributed by atoms with Crippen LogP contribution in [0.1, 0.15) is 27.5 Å². The van der Waals surface area contributed by atoms with Crippen LogP contribution in [0, 0.1) is 11.6 Å². The van der Waals surface area contributed by atoms with Gasteiger partial charge in [0.2, 0.25) is 5.91 Å². The van der Waals surface area contributed by atoms with Crippen molar-refractivity contribution in [3.05, 3.63) is 95.3 Å². The van der Waals surface area contributed by atoms with Gasteiger partial charge >= 0.3 is 0 Å². The zero-order valence-corrected chi connectivity index (χ0v) is 15.9. The molecule has 0 aliphatic carbocycles. The zero-order valence-electron chi connectivity index (χ0n) is 15.9. The third kappa shape index (κ3) is 5.45. The number of hydrogen-bond donors (Lipinski definition) is 3. The summed E-state index contributed by atoms with van der Waals surface area (Å²) < 4.78 is 27.3. The van der Waals surface area contributed by atoms with E-state index in [1.165, 1.54) is 6.07 Å². The van der Waals surface area contributed by atoms with E-state index in [4.69, 9.17) is 5.73 Å². The zero-order chi connectivity index (χ0) is 21.5. The number of nitrogens with two attached hydrogens (primary N) is 1. The molecule has 0 radical (unpaired) electrons. The number of amides is 2. The highest BCUT2D eigenvalue weighted by atomic mass is 19.1. The van der Waals surface area contributed by atoms with Gasteiger partial charge < -0.3 is 16.4 Å². The highest BCUT2D eigenvalue weighted by Gasteiger charge is 2.15. The quantitative estimate of drug-likeness (QED) is 0.558. The number of halogens is 2. The largest absolute Gasteiger partial charge is 0.354 e. The summed E-state index contributed by atoms with van der Waals surface area (Å²) in [5.74, 6) is -2.35. The molecule has 4 N–H and O–H groups in total. The topological polar surface area (TPSA) is 97.1 Å². The van der Waals surface area contributed by atoms with Crippen LogP contribution in [0.4, 0.5) is 14.5 Å². The maximum Gasteiger partial charge on any atom is 0.255 e. The van der Waals surface area contributed by atoms with E-state index in [0.717, 1.165) is 12.1 Å². The first-order valence-electron chi connectivity index (χ1n) is 9.20. The van der Waals surface area contributed by atoms with Gasteiger partial charge in [-0.1, -0.05) is 18.2 Å². The number of carbonyl (C=O) groups excluding carboxylic acids is 2. The lowest BCUT2D eigenvalue weighted by atomic mass is 10.0. The fourth-order valence-electron chi connectivity index (χ4n) is 2.79. The number of nitrogens with one attached hydrogen (secondary N) is 2. The number of aromatic nitrogens is 1. The molecule has 1 heterocycles. The maximum atomic E-state index is 13.6. The molecule has 0 saturated carbocycles. The van der Waals surface area contributed by atoms with Crippen LogP contribution < -0.4 is 16.4 Å². The highest BCUT2D eigenvalue weighted by Crippen LogP contribution is 2.15. The van der Waals surface area contributed by atoms with E-state index in [9.17, 15) is 18.4 Å². The van der Waals surface area contributed by atoms with Gasteiger partial charge in [-0.3, -0.25) is 14.6 Å². The minimum Gasteiger partial charge on any atom is -0.354 e. The van der Waals surface area contributed by atoms with Crippen LogP contribution in [0.15, 0.2) is 67.0 Å². The molecule has 3 rings (SSSR count). The van der Waals surface area contributed by atoms with Gasteiger partial charge in [-0.2, -0.15) is 0 Å². The fourth-order valence-corrected chi connectivity index (χ4v) is 2.79. The number of nitrogens with zero attached hydrogens (tertiary/aromatic N) is 1. The summed E-state index contributed by atoms with van der Waals surface area (Å²) in [6, 6.07) is 12.9. The molecule has 1 aromatic heterocycles. The number of benzene rings is 2. The highest BCUT2D eigenvalue weighted by molar-refractivity contribution is 6.04.